The molecule has 2 heterocycles. The molecule has 0 bridgehead atoms. The Labute approximate surface area is 138 Å². The second kappa shape index (κ2) is 6.70. The second-order valence-electron chi connectivity index (χ2n) is 4.91. The zero-order valence-corrected chi connectivity index (χ0v) is 13.4. The summed E-state index contributed by atoms with van der Waals surface area (Å²) >= 11 is 4.07. The van der Waals surface area contributed by atoms with E-state index >= 15 is 0 Å². The van der Waals surface area contributed by atoms with Gasteiger partial charge in [-0.1, -0.05) is 12.1 Å². The van der Waals surface area contributed by atoms with Crippen molar-refractivity contribution in [2.75, 3.05) is 18.2 Å². The van der Waals surface area contributed by atoms with Crippen molar-refractivity contribution in [3.63, 3.8) is 0 Å². The lowest BCUT2D eigenvalue weighted by atomic mass is 10.1. The molecule has 0 saturated heterocycles. The minimum absolute atomic E-state index is 0.0583. The second-order valence-corrected chi connectivity index (χ2v) is 5.36. The standard InChI is InChI=1S/C16H16N4O2S/c1-22-16-14-12(8-17-15(14)18-9-19-16)10-3-2-4-11(7-10)20-13(21)5-6-23/h2-4,7-9,23H,5-6H2,1H3,(H,20,21)(H,17,18,19). The first kappa shape index (κ1) is 15.4. The number of carbonyl (C=O) groups excluding carboxylic acids is 1. The molecule has 2 N–H and O–H groups in total. The zero-order chi connectivity index (χ0) is 16.2. The number of nitrogens with zero attached hydrogens (tertiary/aromatic N) is 2. The van der Waals surface area contributed by atoms with Crippen molar-refractivity contribution in [3.8, 4) is 17.0 Å². The summed E-state index contributed by atoms with van der Waals surface area (Å²) in [5.41, 5.74) is 3.30. The molecule has 0 fully saturated rings. The molecule has 2 aromatic heterocycles. The number of rotatable bonds is 5. The van der Waals surface area contributed by atoms with Crippen molar-refractivity contribution in [1.82, 2.24) is 15.0 Å². The number of aromatic nitrogens is 3. The molecule has 0 aliphatic heterocycles. The van der Waals surface area contributed by atoms with E-state index < -0.39 is 0 Å². The number of anilines is 1. The van der Waals surface area contributed by atoms with Crippen LogP contribution in [0.25, 0.3) is 22.2 Å². The molecule has 0 unspecified atom stereocenters. The first-order valence-corrected chi connectivity index (χ1v) is 7.73. The molecule has 1 aromatic carbocycles. The summed E-state index contributed by atoms with van der Waals surface area (Å²) < 4.78 is 5.33. The van der Waals surface area contributed by atoms with Gasteiger partial charge in [-0.2, -0.15) is 12.6 Å². The summed E-state index contributed by atoms with van der Waals surface area (Å²) in [4.78, 5) is 23.2. The molecule has 0 aliphatic carbocycles. The van der Waals surface area contributed by atoms with Crippen molar-refractivity contribution >= 4 is 35.3 Å². The molecule has 0 aliphatic rings. The van der Waals surface area contributed by atoms with Gasteiger partial charge in [-0.25, -0.2) is 9.97 Å². The van der Waals surface area contributed by atoms with Gasteiger partial charge in [0.05, 0.1) is 12.5 Å². The lowest BCUT2D eigenvalue weighted by Gasteiger charge is -2.07. The van der Waals surface area contributed by atoms with Gasteiger partial charge in [-0.3, -0.25) is 4.79 Å². The lowest BCUT2D eigenvalue weighted by molar-refractivity contribution is -0.115. The molecule has 0 saturated carbocycles. The van der Waals surface area contributed by atoms with Gasteiger partial charge in [0.25, 0.3) is 0 Å². The number of hydrogen-bond acceptors (Lipinski definition) is 5. The first-order valence-electron chi connectivity index (χ1n) is 7.10. The molecule has 118 valence electrons. The molecule has 3 rings (SSSR count). The van der Waals surface area contributed by atoms with Crippen LogP contribution in [0.3, 0.4) is 0 Å². The van der Waals surface area contributed by atoms with E-state index in [1.807, 2.05) is 30.5 Å². The first-order chi connectivity index (χ1) is 11.2. The third kappa shape index (κ3) is 3.14. The number of fused-ring (bicyclic) bond motifs is 1. The number of thiol groups is 1. The highest BCUT2D eigenvalue weighted by atomic mass is 32.1. The lowest BCUT2D eigenvalue weighted by Crippen LogP contribution is -2.11. The predicted octanol–water partition coefficient (Wildman–Crippen LogP) is 2.89. The number of ether oxygens (including phenoxy) is 1. The summed E-state index contributed by atoms with van der Waals surface area (Å²) in [6.45, 7) is 0. The van der Waals surface area contributed by atoms with E-state index in [9.17, 15) is 4.79 Å². The Balaban J connectivity index is 2.01. The molecule has 0 atom stereocenters. The molecule has 6 nitrogen and oxygen atoms in total. The summed E-state index contributed by atoms with van der Waals surface area (Å²) in [5, 5.41) is 3.68. The zero-order valence-electron chi connectivity index (χ0n) is 12.5. The van der Waals surface area contributed by atoms with E-state index in [-0.39, 0.29) is 5.91 Å². The van der Waals surface area contributed by atoms with Gasteiger partial charge in [-0.05, 0) is 23.4 Å². The van der Waals surface area contributed by atoms with Crippen molar-refractivity contribution in [3.05, 3.63) is 36.8 Å². The molecular weight excluding hydrogens is 312 g/mol. The van der Waals surface area contributed by atoms with Gasteiger partial charge in [-0.15, -0.1) is 0 Å². The maximum absolute atomic E-state index is 11.7. The molecule has 0 radical (unpaired) electrons. The van der Waals surface area contributed by atoms with Crippen LogP contribution in [0.1, 0.15) is 6.42 Å². The van der Waals surface area contributed by atoms with Crippen LogP contribution in [0.5, 0.6) is 5.88 Å². The van der Waals surface area contributed by atoms with Gasteiger partial charge >= 0.3 is 0 Å². The molecule has 3 aromatic rings. The number of H-pyrrole nitrogens is 1. The van der Waals surface area contributed by atoms with E-state index in [4.69, 9.17) is 4.74 Å². The van der Waals surface area contributed by atoms with E-state index in [1.165, 1.54) is 6.33 Å². The van der Waals surface area contributed by atoms with Gasteiger partial charge in [0, 0.05) is 23.9 Å². The summed E-state index contributed by atoms with van der Waals surface area (Å²) in [6.07, 6.45) is 3.69. The smallest absolute Gasteiger partial charge is 0.226 e. The van der Waals surface area contributed by atoms with Crippen LogP contribution in [-0.4, -0.2) is 33.7 Å². The number of amides is 1. The van der Waals surface area contributed by atoms with Gasteiger partial charge in [0.15, 0.2) is 0 Å². The number of aromatic amines is 1. The fourth-order valence-electron chi connectivity index (χ4n) is 2.41. The Morgan fingerprint density at radius 3 is 3.04 bits per heavy atom. The average molecular weight is 328 g/mol. The quantitative estimate of drug-likeness (QED) is 0.629. The highest BCUT2D eigenvalue weighted by Crippen LogP contribution is 2.33. The van der Waals surface area contributed by atoms with E-state index in [0.29, 0.717) is 23.7 Å². The Kier molecular flexibility index (Phi) is 4.47. The predicted molar refractivity (Wildman–Crippen MR) is 93.0 cm³/mol. The highest BCUT2D eigenvalue weighted by Gasteiger charge is 2.13. The number of nitrogens with one attached hydrogen (secondary N) is 2. The van der Waals surface area contributed by atoms with Crippen LogP contribution in [0.4, 0.5) is 5.69 Å². The van der Waals surface area contributed by atoms with Crippen molar-refractivity contribution in [1.29, 1.82) is 0 Å². The minimum atomic E-state index is -0.0583. The molecular formula is C16H16N4O2S. The number of methoxy groups -OCH3 is 1. The van der Waals surface area contributed by atoms with E-state index in [2.05, 4.69) is 32.9 Å². The third-order valence-corrected chi connectivity index (χ3v) is 3.65. The number of benzene rings is 1. The SMILES string of the molecule is COc1ncnc2[nH]cc(-c3cccc(NC(=O)CCS)c3)c12. The summed E-state index contributed by atoms with van der Waals surface area (Å²) in [5.74, 6) is 0.968. The van der Waals surface area contributed by atoms with E-state index in [1.54, 1.807) is 7.11 Å². The monoisotopic (exact) mass is 328 g/mol. The Morgan fingerprint density at radius 2 is 2.26 bits per heavy atom. The Morgan fingerprint density at radius 1 is 1.39 bits per heavy atom. The number of carbonyl (C=O) groups is 1. The van der Waals surface area contributed by atoms with Crippen LogP contribution in [0.15, 0.2) is 36.8 Å². The van der Waals surface area contributed by atoms with Gasteiger partial charge in [0.1, 0.15) is 12.0 Å². The fraction of sp³-hybridized carbons (Fsp3) is 0.188. The van der Waals surface area contributed by atoms with Crippen LogP contribution >= 0.6 is 12.6 Å². The molecule has 0 spiro atoms. The van der Waals surface area contributed by atoms with Crippen molar-refractivity contribution < 1.29 is 9.53 Å². The summed E-state index contributed by atoms with van der Waals surface area (Å²) in [7, 11) is 1.58. The fourth-order valence-corrected chi connectivity index (χ4v) is 2.61. The van der Waals surface area contributed by atoms with Crippen LogP contribution < -0.4 is 10.1 Å². The molecule has 7 heteroatoms. The van der Waals surface area contributed by atoms with Crippen LogP contribution in [-0.2, 0) is 4.79 Å². The molecule has 1 amide bonds. The molecule has 23 heavy (non-hydrogen) atoms. The Bertz CT molecular complexity index is 847. The van der Waals surface area contributed by atoms with E-state index in [0.717, 1.165) is 22.2 Å². The Hall–Kier alpha value is -2.54. The largest absolute Gasteiger partial charge is 0.480 e. The van der Waals surface area contributed by atoms with Gasteiger partial charge < -0.3 is 15.0 Å². The third-order valence-electron chi connectivity index (χ3n) is 3.42. The topological polar surface area (TPSA) is 79.9 Å². The maximum atomic E-state index is 11.7. The minimum Gasteiger partial charge on any atom is -0.480 e. The number of hydrogen-bond donors (Lipinski definition) is 3. The van der Waals surface area contributed by atoms with Crippen molar-refractivity contribution in [2.24, 2.45) is 0 Å². The van der Waals surface area contributed by atoms with Crippen molar-refractivity contribution in [2.45, 2.75) is 6.42 Å². The van der Waals surface area contributed by atoms with Crippen LogP contribution in [0, 0.1) is 0 Å². The maximum Gasteiger partial charge on any atom is 0.226 e. The average Bonchev–Trinajstić information content (AvgIpc) is 2.99. The van der Waals surface area contributed by atoms with Crippen LogP contribution in [0.2, 0.25) is 0 Å². The highest BCUT2D eigenvalue weighted by molar-refractivity contribution is 7.80. The van der Waals surface area contributed by atoms with Gasteiger partial charge in [0.2, 0.25) is 11.8 Å². The normalized spacial score (nSPS) is 10.7. The summed E-state index contributed by atoms with van der Waals surface area (Å²) in [6, 6.07) is 7.61.